The van der Waals surface area contributed by atoms with E-state index in [9.17, 15) is 0 Å². The second-order valence-electron chi connectivity index (χ2n) is 5.86. The predicted molar refractivity (Wildman–Crippen MR) is 85.9 cm³/mol. The molecule has 3 unspecified atom stereocenters. The van der Waals surface area contributed by atoms with E-state index in [1.54, 1.807) is 21.3 Å². The molecule has 0 aromatic heterocycles. The normalized spacial score (nSPS) is 30.3. The quantitative estimate of drug-likeness (QED) is 0.523. The molecule has 21 heavy (non-hydrogen) atoms. The zero-order chi connectivity index (χ0) is 15.9. The maximum absolute atomic E-state index is 6.38. The monoisotopic (exact) mass is 319 g/mol. The molecule has 0 saturated carbocycles. The van der Waals surface area contributed by atoms with Crippen LogP contribution in [0.15, 0.2) is 0 Å². The molecule has 2 N–H and O–H groups in total. The molecule has 1 fully saturated rings. The molecule has 1 saturated heterocycles. The van der Waals surface area contributed by atoms with E-state index in [-0.39, 0.29) is 6.04 Å². The molecule has 5 nitrogen and oxygen atoms in total. The summed E-state index contributed by atoms with van der Waals surface area (Å²) in [5.41, 5.74) is 6.38. The van der Waals surface area contributed by atoms with Crippen LogP contribution in [-0.4, -0.2) is 42.0 Å². The van der Waals surface area contributed by atoms with Gasteiger partial charge in [0.25, 0.3) is 0 Å². The van der Waals surface area contributed by atoms with Gasteiger partial charge in [0.1, 0.15) is 0 Å². The van der Waals surface area contributed by atoms with Gasteiger partial charge in [0.2, 0.25) is 0 Å². The van der Waals surface area contributed by atoms with Crippen LogP contribution in [0.4, 0.5) is 0 Å². The van der Waals surface area contributed by atoms with Gasteiger partial charge in [-0.15, -0.1) is 0 Å². The van der Waals surface area contributed by atoms with Crippen LogP contribution in [0.5, 0.6) is 0 Å². The van der Waals surface area contributed by atoms with Gasteiger partial charge < -0.3 is 23.7 Å². The van der Waals surface area contributed by atoms with E-state index in [0.29, 0.717) is 5.92 Å². The molecule has 1 aliphatic heterocycles. The molecule has 1 aliphatic rings. The van der Waals surface area contributed by atoms with Crippen molar-refractivity contribution < 1.29 is 18.0 Å². The van der Waals surface area contributed by atoms with E-state index in [1.165, 1.54) is 19.3 Å². The van der Waals surface area contributed by atoms with Crippen LogP contribution in [0.25, 0.3) is 0 Å². The second-order valence-corrected chi connectivity index (χ2v) is 8.75. The van der Waals surface area contributed by atoms with Crippen LogP contribution in [0.2, 0.25) is 6.04 Å². The van der Waals surface area contributed by atoms with E-state index in [2.05, 4.69) is 13.8 Å². The van der Waals surface area contributed by atoms with Gasteiger partial charge in [0.05, 0.1) is 6.04 Å². The van der Waals surface area contributed by atoms with Crippen molar-refractivity contribution in [1.29, 1.82) is 0 Å². The first-order valence-electron chi connectivity index (χ1n) is 8.15. The molecular weight excluding hydrogens is 286 g/mol. The number of ether oxygens (including phenoxy) is 1. The van der Waals surface area contributed by atoms with Crippen molar-refractivity contribution in [2.45, 2.75) is 70.2 Å². The molecule has 0 aromatic carbocycles. The van der Waals surface area contributed by atoms with Crippen LogP contribution in [0.1, 0.15) is 52.4 Å². The Morgan fingerprint density at radius 3 is 2.38 bits per heavy atom. The highest BCUT2D eigenvalue weighted by molar-refractivity contribution is 6.60. The molecule has 1 rings (SSSR count). The smallest absolute Gasteiger partial charge is 0.377 e. The first-order valence-corrected chi connectivity index (χ1v) is 10.1. The molecule has 126 valence electrons. The number of rotatable bonds is 9. The average Bonchev–Trinajstić information content (AvgIpc) is 2.54. The number of hydrogen-bond donors (Lipinski definition) is 1. The second kappa shape index (κ2) is 8.60. The number of methoxy groups -OCH3 is 1. The Morgan fingerprint density at radius 2 is 1.90 bits per heavy atom. The molecule has 0 aliphatic carbocycles. The lowest BCUT2D eigenvalue weighted by molar-refractivity contribution is -0.251. The van der Waals surface area contributed by atoms with Crippen molar-refractivity contribution in [1.82, 2.24) is 0 Å². The van der Waals surface area contributed by atoms with Gasteiger partial charge >= 0.3 is 8.80 Å². The minimum atomic E-state index is -2.66. The van der Waals surface area contributed by atoms with E-state index in [4.69, 9.17) is 23.7 Å². The van der Waals surface area contributed by atoms with Crippen molar-refractivity contribution in [3.63, 3.8) is 0 Å². The van der Waals surface area contributed by atoms with E-state index in [0.717, 1.165) is 25.3 Å². The maximum Gasteiger partial charge on any atom is 0.502 e. The topological polar surface area (TPSA) is 62.9 Å². The van der Waals surface area contributed by atoms with Gasteiger partial charge in [0, 0.05) is 33.3 Å². The summed E-state index contributed by atoms with van der Waals surface area (Å²) in [4.78, 5) is 0. The molecule has 6 heteroatoms. The van der Waals surface area contributed by atoms with Crippen LogP contribution in [-0.2, 0) is 18.0 Å². The van der Waals surface area contributed by atoms with Gasteiger partial charge in [-0.1, -0.05) is 33.1 Å². The molecule has 3 atom stereocenters. The summed E-state index contributed by atoms with van der Waals surface area (Å²) in [5.74, 6) is -0.478. The maximum atomic E-state index is 6.38. The first-order chi connectivity index (χ1) is 10.0. The van der Waals surface area contributed by atoms with E-state index < -0.39 is 14.6 Å². The zero-order valence-corrected chi connectivity index (χ0v) is 15.3. The van der Waals surface area contributed by atoms with E-state index in [1.807, 2.05) is 0 Å². The summed E-state index contributed by atoms with van der Waals surface area (Å²) in [6.07, 6.45) is 6.49. The number of hydrogen-bond acceptors (Lipinski definition) is 5. The molecule has 1 heterocycles. The van der Waals surface area contributed by atoms with Gasteiger partial charge in [-0.05, 0) is 19.3 Å². The Labute approximate surface area is 130 Å². The fourth-order valence-corrected chi connectivity index (χ4v) is 5.74. The zero-order valence-electron chi connectivity index (χ0n) is 14.3. The van der Waals surface area contributed by atoms with Gasteiger partial charge in [0.15, 0.2) is 5.79 Å². The Balaban J connectivity index is 2.97. The minimum Gasteiger partial charge on any atom is -0.377 e. The Morgan fingerprint density at radius 1 is 1.24 bits per heavy atom. The SMILES string of the molecule is CCCCCC1CC[Si](OC)(OC)OC1(OC)C(N)CC. The van der Waals surface area contributed by atoms with Gasteiger partial charge in [-0.2, -0.15) is 0 Å². The van der Waals surface area contributed by atoms with Crippen molar-refractivity contribution in [3.8, 4) is 0 Å². The number of nitrogens with two attached hydrogens (primary N) is 1. The third-order valence-corrected chi connectivity index (χ3v) is 7.51. The lowest BCUT2D eigenvalue weighted by Gasteiger charge is -2.51. The van der Waals surface area contributed by atoms with Gasteiger partial charge in [-0.25, -0.2) is 0 Å². The summed E-state index contributed by atoms with van der Waals surface area (Å²) in [5, 5.41) is 0. The molecule has 0 amide bonds. The van der Waals surface area contributed by atoms with Crippen LogP contribution >= 0.6 is 0 Å². The molecule has 0 aromatic rings. The summed E-state index contributed by atoms with van der Waals surface area (Å²) in [7, 11) is 2.35. The van der Waals surface area contributed by atoms with Crippen LogP contribution in [0.3, 0.4) is 0 Å². The lowest BCUT2D eigenvalue weighted by Crippen LogP contribution is -2.66. The largest absolute Gasteiger partial charge is 0.502 e. The third kappa shape index (κ3) is 4.06. The summed E-state index contributed by atoms with van der Waals surface area (Å²) in [6, 6.07) is 0.657. The first kappa shape index (κ1) is 19.1. The molecule has 0 spiro atoms. The molecular formula is C15H33NO4Si. The van der Waals surface area contributed by atoms with E-state index >= 15 is 0 Å². The third-order valence-electron chi connectivity index (χ3n) is 4.74. The Hall–Kier alpha value is 0.0169. The average molecular weight is 320 g/mol. The Bertz CT molecular complexity index is 301. The van der Waals surface area contributed by atoms with Gasteiger partial charge in [-0.3, -0.25) is 0 Å². The summed E-state index contributed by atoms with van der Waals surface area (Å²) < 4.78 is 23.4. The highest BCUT2D eigenvalue weighted by Gasteiger charge is 2.58. The Kier molecular flexibility index (Phi) is 7.81. The highest BCUT2D eigenvalue weighted by Crippen LogP contribution is 2.43. The van der Waals surface area contributed by atoms with Crippen molar-refractivity contribution in [2.75, 3.05) is 21.3 Å². The highest BCUT2D eigenvalue weighted by atomic mass is 28.4. The van der Waals surface area contributed by atoms with Crippen LogP contribution in [0, 0.1) is 5.92 Å². The molecule has 0 bridgehead atoms. The fourth-order valence-electron chi connectivity index (χ4n) is 3.31. The lowest BCUT2D eigenvalue weighted by atomic mass is 9.84. The predicted octanol–water partition coefficient (Wildman–Crippen LogP) is 2.91. The minimum absolute atomic E-state index is 0.174. The fraction of sp³-hybridized carbons (Fsp3) is 1.00. The van der Waals surface area contributed by atoms with Crippen molar-refractivity contribution in [3.05, 3.63) is 0 Å². The summed E-state index contributed by atoms with van der Waals surface area (Å²) in [6.45, 7) is 4.28. The standard InChI is InChI=1S/C15H33NO4Si/c1-6-8-9-10-13-11-12-21(18-4,19-5)20-15(13,17-3)14(16)7-2/h13-14H,6-12,16H2,1-5H3. The summed E-state index contributed by atoms with van der Waals surface area (Å²) >= 11 is 0. The van der Waals surface area contributed by atoms with Crippen molar-refractivity contribution in [2.24, 2.45) is 11.7 Å². The van der Waals surface area contributed by atoms with Crippen molar-refractivity contribution >= 4 is 8.80 Å². The molecule has 0 radical (unpaired) electrons. The number of unbranched alkanes of at least 4 members (excludes halogenated alkanes) is 2. The van der Waals surface area contributed by atoms with Crippen LogP contribution < -0.4 is 5.73 Å².